The second-order valence-corrected chi connectivity index (χ2v) is 11.5. The van der Waals surface area contributed by atoms with Gasteiger partial charge in [0.2, 0.25) is 5.91 Å². The van der Waals surface area contributed by atoms with E-state index in [1.807, 2.05) is 0 Å². The van der Waals surface area contributed by atoms with Crippen molar-refractivity contribution >= 4 is 11.8 Å². The molecular formula is C26H29F7N2O7. The van der Waals surface area contributed by atoms with Gasteiger partial charge in [-0.2, -0.15) is 13.2 Å². The lowest BCUT2D eigenvalue weighted by atomic mass is 9.59. The molecule has 2 amide bonds. The fourth-order valence-electron chi connectivity index (χ4n) is 6.29. The SMILES string of the molecule is O=C(COC1CC(OC(F)(F)F)C1)NC12CCC(NC(=O)[C@H]3C[C@@H](O)c4cc(C(F)(F)F)c(F)cc4O3)(CC1)C[C@@H]2O. The molecule has 1 aromatic rings. The van der Waals surface area contributed by atoms with Crippen LogP contribution in [-0.2, 0) is 25.2 Å². The largest absolute Gasteiger partial charge is 0.522 e. The van der Waals surface area contributed by atoms with Gasteiger partial charge in [-0.15, -0.1) is 13.2 Å². The van der Waals surface area contributed by atoms with E-state index in [1.165, 1.54) is 0 Å². The van der Waals surface area contributed by atoms with Gasteiger partial charge in [0.05, 0.1) is 35.5 Å². The molecule has 234 valence electrons. The van der Waals surface area contributed by atoms with Crippen LogP contribution >= 0.6 is 0 Å². The molecule has 0 unspecified atom stereocenters. The first-order valence-corrected chi connectivity index (χ1v) is 13.4. The topological polar surface area (TPSA) is 126 Å². The maximum absolute atomic E-state index is 14.1. The standard InChI is InChI=1S/C26H29F7N2O7/c27-16-8-18-14(7-15(16)25(28,29)30)17(36)9-19(41-18)22(39)35-23-1-3-24(4-2-23,20(37)10-23)34-21(38)11-40-12-5-13(6-12)42-26(31,32)33/h7-8,12-13,17,19-20,36-37H,1-6,9-11H2,(H,34,38)(H,35,39)/t12?,13?,17-,19-,20+,23?,24?/m1/s1. The molecule has 9 nitrogen and oxygen atoms in total. The zero-order chi connectivity index (χ0) is 30.7. The predicted octanol–water partition coefficient (Wildman–Crippen LogP) is 3.16. The Balaban J connectivity index is 1.13. The average molecular weight is 615 g/mol. The minimum absolute atomic E-state index is 0.000365. The third-order valence-corrected chi connectivity index (χ3v) is 8.66. The Kier molecular flexibility index (Phi) is 7.90. The van der Waals surface area contributed by atoms with Crippen LogP contribution in [-0.4, -0.2) is 70.5 Å². The quantitative estimate of drug-likeness (QED) is 0.348. The van der Waals surface area contributed by atoms with Crippen LogP contribution in [0.5, 0.6) is 5.75 Å². The molecule has 16 heteroatoms. The first-order valence-electron chi connectivity index (χ1n) is 13.4. The van der Waals surface area contributed by atoms with Crippen molar-refractivity contribution in [2.45, 2.75) is 106 Å². The summed E-state index contributed by atoms with van der Waals surface area (Å²) in [4.78, 5) is 25.6. The van der Waals surface area contributed by atoms with Crippen LogP contribution in [0.2, 0.25) is 0 Å². The number of benzene rings is 1. The summed E-state index contributed by atoms with van der Waals surface area (Å²) in [5, 5.41) is 27.0. The normalized spacial score (nSPS) is 34.2. The third-order valence-electron chi connectivity index (χ3n) is 8.66. The summed E-state index contributed by atoms with van der Waals surface area (Å²) in [7, 11) is 0. The summed E-state index contributed by atoms with van der Waals surface area (Å²) in [5.74, 6) is -3.21. The van der Waals surface area contributed by atoms with E-state index in [9.17, 15) is 50.5 Å². The van der Waals surface area contributed by atoms with Gasteiger partial charge < -0.3 is 30.3 Å². The fraction of sp³-hybridized carbons (Fsp3) is 0.692. The molecule has 5 aliphatic rings. The van der Waals surface area contributed by atoms with Gasteiger partial charge in [-0.3, -0.25) is 14.3 Å². The molecule has 1 aromatic carbocycles. The number of fused-ring (bicyclic) bond motifs is 4. The lowest BCUT2D eigenvalue weighted by molar-refractivity contribution is -0.357. The Morgan fingerprint density at radius 3 is 2.24 bits per heavy atom. The van der Waals surface area contributed by atoms with Crippen molar-refractivity contribution in [3.8, 4) is 5.75 Å². The highest BCUT2D eigenvalue weighted by molar-refractivity contribution is 5.82. The smallest absolute Gasteiger partial charge is 0.480 e. The Labute approximate surface area is 234 Å². The molecular weight excluding hydrogens is 585 g/mol. The number of alkyl halides is 6. The molecule has 4 N–H and O–H groups in total. The molecule has 0 radical (unpaired) electrons. The molecule has 0 aromatic heterocycles. The Morgan fingerprint density at radius 1 is 0.976 bits per heavy atom. The number of ether oxygens (including phenoxy) is 3. The van der Waals surface area contributed by atoms with Gasteiger partial charge in [-0.1, -0.05) is 0 Å². The van der Waals surface area contributed by atoms with Crippen LogP contribution < -0.4 is 15.4 Å². The highest BCUT2D eigenvalue weighted by Gasteiger charge is 2.56. The molecule has 2 bridgehead atoms. The molecule has 4 fully saturated rings. The van der Waals surface area contributed by atoms with E-state index in [1.54, 1.807) is 0 Å². The molecule has 6 rings (SSSR count). The van der Waals surface area contributed by atoms with Crippen molar-refractivity contribution in [1.29, 1.82) is 0 Å². The number of rotatable bonds is 7. The second kappa shape index (κ2) is 10.8. The summed E-state index contributed by atoms with van der Waals surface area (Å²) >= 11 is 0. The molecule has 0 saturated heterocycles. The Bertz CT molecular complexity index is 1210. The Morgan fingerprint density at radius 2 is 1.64 bits per heavy atom. The van der Waals surface area contributed by atoms with Crippen LogP contribution in [0.4, 0.5) is 30.7 Å². The van der Waals surface area contributed by atoms with Gasteiger partial charge >= 0.3 is 12.5 Å². The zero-order valence-electron chi connectivity index (χ0n) is 22.0. The van der Waals surface area contributed by atoms with Crippen molar-refractivity contribution in [3.63, 3.8) is 0 Å². The van der Waals surface area contributed by atoms with Crippen LogP contribution in [0.25, 0.3) is 0 Å². The average Bonchev–Trinajstić information content (AvgIpc) is 2.84. The van der Waals surface area contributed by atoms with E-state index in [-0.39, 0.29) is 49.8 Å². The van der Waals surface area contributed by atoms with Gasteiger partial charge in [-0.25, -0.2) is 4.39 Å². The van der Waals surface area contributed by atoms with Crippen molar-refractivity contribution in [3.05, 3.63) is 29.1 Å². The lowest BCUT2D eigenvalue weighted by Gasteiger charge is -2.56. The van der Waals surface area contributed by atoms with Crippen molar-refractivity contribution < 1.29 is 64.7 Å². The predicted molar refractivity (Wildman–Crippen MR) is 126 cm³/mol. The van der Waals surface area contributed by atoms with Crippen LogP contribution in [0.1, 0.15) is 68.6 Å². The molecule has 0 spiro atoms. The fourth-order valence-corrected chi connectivity index (χ4v) is 6.29. The van der Waals surface area contributed by atoms with E-state index >= 15 is 0 Å². The van der Waals surface area contributed by atoms with Gasteiger partial charge in [-0.05, 0) is 38.2 Å². The number of aliphatic hydroxyl groups excluding tert-OH is 2. The van der Waals surface area contributed by atoms with Crippen LogP contribution in [0.15, 0.2) is 12.1 Å². The summed E-state index contributed by atoms with van der Waals surface area (Å²) in [6.07, 6.45) is -14.2. The van der Waals surface area contributed by atoms with E-state index in [4.69, 9.17) is 9.47 Å². The minimum Gasteiger partial charge on any atom is -0.480 e. The molecule has 4 aliphatic carbocycles. The lowest BCUT2D eigenvalue weighted by Crippen LogP contribution is -2.71. The monoisotopic (exact) mass is 614 g/mol. The van der Waals surface area contributed by atoms with Crippen molar-refractivity contribution in [1.82, 2.24) is 10.6 Å². The third kappa shape index (κ3) is 6.31. The van der Waals surface area contributed by atoms with E-state index < -0.39 is 83.9 Å². The first kappa shape index (κ1) is 30.8. The van der Waals surface area contributed by atoms with Crippen molar-refractivity contribution in [2.24, 2.45) is 0 Å². The number of nitrogens with one attached hydrogen (secondary N) is 2. The summed E-state index contributed by atoms with van der Waals surface area (Å²) < 4.78 is 105. The highest BCUT2D eigenvalue weighted by atomic mass is 19.4. The number of hydrogen-bond donors (Lipinski definition) is 4. The highest BCUT2D eigenvalue weighted by Crippen LogP contribution is 2.48. The summed E-state index contributed by atoms with van der Waals surface area (Å²) in [6, 6.07) is 0.954. The Hall–Kier alpha value is -2.69. The molecule has 3 atom stereocenters. The second-order valence-electron chi connectivity index (χ2n) is 11.5. The van der Waals surface area contributed by atoms with Crippen molar-refractivity contribution in [2.75, 3.05) is 6.61 Å². The summed E-state index contributed by atoms with van der Waals surface area (Å²) in [5.41, 5.74) is -3.70. The van der Waals surface area contributed by atoms with Crippen LogP contribution in [0, 0.1) is 5.82 Å². The number of carbonyl (C=O) groups excluding carboxylic acids is 2. The van der Waals surface area contributed by atoms with Crippen LogP contribution in [0.3, 0.4) is 0 Å². The maximum atomic E-state index is 14.1. The van der Waals surface area contributed by atoms with Gasteiger partial charge in [0.1, 0.15) is 18.2 Å². The number of carbonyl (C=O) groups is 2. The van der Waals surface area contributed by atoms with Gasteiger partial charge in [0.25, 0.3) is 5.91 Å². The maximum Gasteiger partial charge on any atom is 0.522 e. The molecule has 1 aliphatic heterocycles. The molecule has 4 saturated carbocycles. The first-order chi connectivity index (χ1) is 19.5. The number of amides is 2. The van der Waals surface area contributed by atoms with Gasteiger partial charge in [0, 0.05) is 36.4 Å². The molecule has 1 heterocycles. The number of hydrogen-bond acceptors (Lipinski definition) is 7. The van der Waals surface area contributed by atoms with Gasteiger partial charge in [0.15, 0.2) is 6.10 Å². The molecule has 42 heavy (non-hydrogen) atoms. The summed E-state index contributed by atoms with van der Waals surface area (Å²) in [6.45, 7) is -0.409. The number of halogens is 7. The zero-order valence-corrected chi connectivity index (χ0v) is 22.0. The number of aliphatic hydroxyl groups is 2. The van der Waals surface area contributed by atoms with E-state index in [0.717, 1.165) is 0 Å². The van der Waals surface area contributed by atoms with E-state index in [2.05, 4.69) is 15.4 Å². The minimum atomic E-state index is -4.98. The van der Waals surface area contributed by atoms with E-state index in [0.29, 0.717) is 25.0 Å².